The maximum atomic E-state index is 6.24. The highest BCUT2D eigenvalue weighted by molar-refractivity contribution is 6.35. The molecule has 0 radical (unpaired) electrons. The fraction of sp³-hybridized carbons (Fsp3) is 0.105. The van der Waals surface area contributed by atoms with Gasteiger partial charge in [0.15, 0.2) is 0 Å². The highest BCUT2D eigenvalue weighted by Gasteiger charge is 2.06. The molecule has 4 heteroatoms. The quantitative estimate of drug-likeness (QED) is 0.533. The molecule has 1 aromatic heterocycles. The van der Waals surface area contributed by atoms with E-state index in [2.05, 4.69) is 15.6 Å². The number of benzene rings is 3. The van der Waals surface area contributed by atoms with Gasteiger partial charge in [0.1, 0.15) is 12.4 Å². The summed E-state index contributed by atoms with van der Waals surface area (Å²) in [4.78, 5) is 4.40. The van der Waals surface area contributed by atoms with E-state index in [9.17, 15) is 0 Å². The van der Waals surface area contributed by atoms with E-state index in [1.165, 1.54) is 0 Å². The lowest BCUT2D eigenvalue weighted by Gasteiger charge is -2.11. The van der Waals surface area contributed by atoms with Crippen LogP contribution >= 0.6 is 11.6 Å². The summed E-state index contributed by atoms with van der Waals surface area (Å²) >= 11 is 6.24. The molecule has 0 saturated heterocycles. The normalized spacial score (nSPS) is 11.2. The molecule has 0 fully saturated rings. The van der Waals surface area contributed by atoms with Crippen LogP contribution in [0.2, 0.25) is 5.02 Å². The Hall–Kier alpha value is -2.52. The number of nitrogens with zero attached hydrogens (tertiary/aromatic N) is 2. The minimum Gasteiger partial charge on any atom is -0.491 e. The van der Waals surface area contributed by atoms with Crippen LogP contribution in [0.1, 0.15) is 0 Å². The zero-order chi connectivity index (χ0) is 15.6. The highest BCUT2D eigenvalue weighted by Crippen LogP contribution is 2.31. The Balaban J connectivity index is 1.55. The van der Waals surface area contributed by atoms with Gasteiger partial charge in [0, 0.05) is 15.8 Å². The molecule has 3 aromatic carbocycles. The molecule has 23 heavy (non-hydrogen) atoms. The molecule has 0 unspecified atom stereocenters. The Morgan fingerprint density at radius 2 is 1.70 bits per heavy atom. The standard InChI is InChI=1S/C19H15ClN2O/c20-16-9-10-19(15-6-2-1-5-14(15)16)23-12-11-22-13-21-17-7-3-4-8-18(17)22/h1-10,13H,11-12H2. The van der Waals surface area contributed by atoms with Crippen LogP contribution in [-0.2, 0) is 6.54 Å². The maximum Gasteiger partial charge on any atom is 0.127 e. The van der Waals surface area contributed by atoms with Crippen molar-refractivity contribution in [3.63, 3.8) is 0 Å². The van der Waals surface area contributed by atoms with E-state index >= 15 is 0 Å². The number of halogens is 1. The lowest BCUT2D eigenvalue weighted by atomic mass is 10.1. The fourth-order valence-corrected chi connectivity index (χ4v) is 3.03. The SMILES string of the molecule is Clc1ccc(OCCn2cnc3ccccc32)c2ccccc12. The van der Waals surface area contributed by atoms with Gasteiger partial charge in [-0.05, 0) is 24.3 Å². The van der Waals surface area contributed by atoms with Gasteiger partial charge in [-0.15, -0.1) is 0 Å². The first-order valence-electron chi connectivity index (χ1n) is 7.53. The van der Waals surface area contributed by atoms with E-state index in [-0.39, 0.29) is 0 Å². The Morgan fingerprint density at radius 3 is 2.61 bits per heavy atom. The molecule has 0 N–H and O–H groups in total. The third kappa shape index (κ3) is 2.64. The van der Waals surface area contributed by atoms with E-state index in [4.69, 9.17) is 16.3 Å². The van der Waals surface area contributed by atoms with Crippen LogP contribution in [0.4, 0.5) is 0 Å². The molecular formula is C19H15ClN2O. The molecule has 114 valence electrons. The second-order valence-corrected chi connectivity index (χ2v) is 5.77. The average molecular weight is 323 g/mol. The fourth-order valence-electron chi connectivity index (χ4n) is 2.80. The third-order valence-corrected chi connectivity index (χ3v) is 4.28. The van der Waals surface area contributed by atoms with Gasteiger partial charge in [-0.2, -0.15) is 0 Å². The minimum atomic E-state index is 0.575. The van der Waals surface area contributed by atoms with Crippen molar-refractivity contribution in [3.05, 3.63) is 72.0 Å². The Morgan fingerprint density at radius 1 is 0.913 bits per heavy atom. The highest BCUT2D eigenvalue weighted by atomic mass is 35.5. The predicted octanol–water partition coefficient (Wildman–Crippen LogP) is 4.92. The number of imidazole rings is 1. The molecule has 3 nitrogen and oxygen atoms in total. The second kappa shape index (κ2) is 5.94. The molecule has 1 heterocycles. The summed E-state index contributed by atoms with van der Waals surface area (Å²) in [6.07, 6.45) is 1.86. The molecule has 4 aromatic rings. The van der Waals surface area contributed by atoms with E-state index in [1.807, 2.05) is 60.9 Å². The van der Waals surface area contributed by atoms with Crippen molar-refractivity contribution >= 4 is 33.4 Å². The van der Waals surface area contributed by atoms with Gasteiger partial charge in [-0.25, -0.2) is 4.98 Å². The van der Waals surface area contributed by atoms with E-state index in [0.29, 0.717) is 6.61 Å². The van der Waals surface area contributed by atoms with E-state index in [1.54, 1.807) is 0 Å². The summed E-state index contributed by atoms with van der Waals surface area (Å²) in [5.74, 6) is 0.856. The summed E-state index contributed by atoms with van der Waals surface area (Å²) in [6.45, 7) is 1.32. The zero-order valence-electron chi connectivity index (χ0n) is 12.4. The predicted molar refractivity (Wildman–Crippen MR) is 94.2 cm³/mol. The summed E-state index contributed by atoms with van der Waals surface area (Å²) in [6, 6.07) is 19.9. The molecule has 0 aliphatic heterocycles. The number of para-hydroxylation sites is 2. The van der Waals surface area contributed by atoms with Crippen LogP contribution in [0.3, 0.4) is 0 Å². The second-order valence-electron chi connectivity index (χ2n) is 5.37. The molecule has 4 rings (SSSR count). The molecule has 0 bridgehead atoms. The van der Waals surface area contributed by atoms with Gasteiger partial charge >= 0.3 is 0 Å². The van der Waals surface area contributed by atoms with Crippen LogP contribution in [0.15, 0.2) is 67.0 Å². The van der Waals surface area contributed by atoms with E-state index < -0.39 is 0 Å². The van der Waals surface area contributed by atoms with Gasteiger partial charge in [0.25, 0.3) is 0 Å². The molecule has 0 atom stereocenters. The summed E-state index contributed by atoms with van der Waals surface area (Å²) in [5.41, 5.74) is 2.13. The maximum absolute atomic E-state index is 6.24. The number of ether oxygens (including phenoxy) is 1. The zero-order valence-corrected chi connectivity index (χ0v) is 13.2. The average Bonchev–Trinajstić information content (AvgIpc) is 3.01. The van der Waals surface area contributed by atoms with Crippen LogP contribution in [-0.4, -0.2) is 16.2 Å². The first kappa shape index (κ1) is 14.1. The Bertz CT molecular complexity index is 977. The molecule has 0 saturated carbocycles. The van der Waals surface area contributed by atoms with Gasteiger partial charge in [0.05, 0.1) is 23.9 Å². The van der Waals surface area contributed by atoms with Crippen molar-refractivity contribution in [3.8, 4) is 5.75 Å². The first-order valence-corrected chi connectivity index (χ1v) is 7.90. The van der Waals surface area contributed by atoms with Gasteiger partial charge in [0.2, 0.25) is 0 Å². The van der Waals surface area contributed by atoms with Crippen molar-refractivity contribution in [1.29, 1.82) is 0 Å². The van der Waals surface area contributed by atoms with Gasteiger partial charge in [-0.3, -0.25) is 0 Å². The molecule has 0 aliphatic rings. The smallest absolute Gasteiger partial charge is 0.127 e. The molecular weight excluding hydrogens is 308 g/mol. The number of hydrogen-bond donors (Lipinski definition) is 0. The topological polar surface area (TPSA) is 27.1 Å². The number of aromatic nitrogens is 2. The summed E-state index contributed by atoms with van der Waals surface area (Å²) in [5, 5.41) is 2.80. The Labute approximate surface area is 139 Å². The van der Waals surface area contributed by atoms with Crippen molar-refractivity contribution in [2.45, 2.75) is 6.54 Å². The lowest BCUT2D eigenvalue weighted by molar-refractivity contribution is 0.303. The van der Waals surface area contributed by atoms with Crippen LogP contribution < -0.4 is 4.74 Å². The van der Waals surface area contributed by atoms with E-state index in [0.717, 1.165) is 39.1 Å². The largest absolute Gasteiger partial charge is 0.491 e. The molecule has 0 spiro atoms. The minimum absolute atomic E-state index is 0.575. The van der Waals surface area contributed by atoms with Crippen molar-refractivity contribution < 1.29 is 4.74 Å². The van der Waals surface area contributed by atoms with Crippen LogP contribution in [0.5, 0.6) is 5.75 Å². The lowest BCUT2D eigenvalue weighted by Crippen LogP contribution is -2.07. The summed E-state index contributed by atoms with van der Waals surface area (Å²) < 4.78 is 8.09. The first-order chi connectivity index (χ1) is 11.3. The third-order valence-electron chi connectivity index (χ3n) is 3.95. The number of rotatable bonds is 4. The van der Waals surface area contributed by atoms with Crippen LogP contribution in [0, 0.1) is 0 Å². The van der Waals surface area contributed by atoms with Gasteiger partial charge < -0.3 is 9.30 Å². The molecule has 0 amide bonds. The van der Waals surface area contributed by atoms with Crippen molar-refractivity contribution in [2.24, 2.45) is 0 Å². The van der Waals surface area contributed by atoms with Crippen LogP contribution in [0.25, 0.3) is 21.8 Å². The summed E-state index contributed by atoms with van der Waals surface area (Å²) in [7, 11) is 0. The molecule has 0 aliphatic carbocycles. The van der Waals surface area contributed by atoms with Crippen molar-refractivity contribution in [2.75, 3.05) is 6.61 Å². The van der Waals surface area contributed by atoms with Gasteiger partial charge in [-0.1, -0.05) is 48.0 Å². The monoisotopic (exact) mass is 322 g/mol. The number of hydrogen-bond acceptors (Lipinski definition) is 2. The number of fused-ring (bicyclic) bond motifs is 2. The Kier molecular flexibility index (Phi) is 3.64. The van der Waals surface area contributed by atoms with Crippen molar-refractivity contribution in [1.82, 2.24) is 9.55 Å².